The smallest absolute Gasteiger partial charge is 0.262 e. The van der Waals surface area contributed by atoms with Gasteiger partial charge in [-0.3, -0.25) is 9.78 Å². The Morgan fingerprint density at radius 2 is 2.00 bits per heavy atom. The lowest BCUT2D eigenvalue weighted by Crippen LogP contribution is -2.44. The lowest BCUT2D eigenvalue weighted by molar-refractivity contribution is -0.135. The molecule has 8 heteroatoms. The SMILES string of the molecule is O=C(NCc1cc(F)c(F)c(F)c1)[C@]1(F)CC[C@H](O)c2ncccc21. The van der Waals surface area contributed by atoms with E-state index < -0.39 is 35.1 Å². The Labute approximate surface area is 140 Å². The van der Waals surface area contributed by atoms with Crippen LogP contribution in [0.1, 0.15) is 35.8 Å². The second kappa shape index (κ2) is 6.44. The number of aromatic nitrogens is 1. The molecule has 0 bridgehead atoms. The van der Waals surface area contributed by atoms with Crippen LogP contribution in [0.3, 0.4) is 0 Å². The van der Waals surface area contributed by atoms with E-state index in [0.717, 1.165) is 12.1 Å². The van der Waals surface area contributed by atoms with Crippen molar-refractivity contribution in [2.45, 2.75) is 31.2 Å². The molecule has 0 unspecified atom stereocenters. The number of alkyl halides is 1. The summed E-state index contributed by atoms with van der Waals surface area (Å²) in [7, 11) is 0. The Bertz CT molecular complexity index is 807. The number of pyridine rings is 1. The van der Waals surface area contributed by atoms with Gasteiger partial charge in [-0.05, 0) is 36.6 Å². The van der Waals surface area contributed by atoms with Crippen molar-refractivity contribution in [1.29, 1.82) is 0 Å². The molecule has 3 rings (SSSR count). The zero-order valence-electron chi connectivity index (χ0n) is 12.9. The average Bonchev–Trinajstić information content (AvgIpc) is 2.61. The summed E-state index contributed by atoms with van der Waals surface area (Å²) in [5.41, 5.74) is -2.41. The summed E-state index contributed by atoms with van der Waals surface area (Å²) < 4.78 is 54.6. The number of hydrogen-bond acceptors (Lipinski definition) is 3. The van der Waals surface area contributed by atoms with Gasteiger partial charge >= 0.3 is 0 Å². The second-order valence-electron chi connectivity index (χ2n) is 5.85. The molecule has 132 valence electrons. The molecule has 0 saturated heterocycles. The molecule has 1 heterocycles. The summed E-state index contributed by atoms with van der Waals surface area (Å²) in [4.78, 5) is 16.3. The highest BCUT2D eigenvalue weighted by Crippen LogP contribution is 2.42. The summed E-state index contributed by atoms with van der Waals surface area (Å²) in [6, 6.07) is 4.26. The van der Waals surface area contributed by atoms with E-state index in [1.165, 1.54) is 18.3 Å². The fourth-order valence-electron chi connectivity index (χ4n) is 2.89. The predicted molar refractivity (Wildman–Crippen MR) is 79.4 cm³/mol. The highest BCUT2D eigenvalue weighted by Gasteiger charge is 2.46. The first-order valence-electron chi connectivity index (χ1n) is 7.57. The first-order valence-corrected chi connectivity index (χ1v) is 7.57. The maximum Gasteiger partial charge on any atom is 0.262 e. The average molecular weight is 354 g/mol. The van der Waals surface area contributed by atoms with E-state index in [4.69, 9.17) is 0 Å². The molecule has 1 amide bonds. The molecule has 25 heavy (non-hydrogen) atoms. The van der Waals surface area contributed by atoms with Crippen LogP contribution in [0.4, 0.5) is 17.6 Å². The van der Waals surface area contributed by atoms with Gasteiger partial charge in [-0.1, -0.05) is 6.07 Å². The fourth-order valence-corrected chi connectivity index (χ4v) is 2.89. The molecule has 1 aromatic carbocycles. The van der Waals surface area contributed by atoms with Crippen molar-refractivity contribution in [1.82, 2.24) is 10.3 Å². The summed E-state index contributed by atoms with van der Waals surface area (Å²) in [5, 5.41) is 12.2. The van der Waals surface area contributed by atoms with Gasteiger partial charge in [0.15, 0.2) is 17.5 Å². The minimum Gasteiger partial charge on any atom is -0.387 e. The molecule has 0 aliphatic heterocycles. The van der Waals surface area contributed by atoms with Gasteiger partial charge in [0.05, 0.1) is 11.8 Å². The van der Waals surface area contributed by atoms with E-state index in [1.54, 1.807) is 0 Å². The number of nitrogens with zero attached hydrogens (tertiary/aromatic N) is 1. The summed E-state index contributed by atoms with van der Waals surface area (Å²) in [6.07, 6.45) is 0.169. The van der Waals surface area contributed by atoms with Crippen LogP contribution in [0.15, 0.2) is 30.5 Å². The van der Waals surface area contributed by atoms with Crippen molar-refractivity contribution in [3.05, 3.63) is 64.7 Å². The summed E-state index contributed by atoms with van der Waals surface area (Å²) in [6.45, 7) is -0.378. The molecule has 0 radical (unpaired) electrons. The molecule has 0 saturated carbocycles. The van der Waals surface area contributed by atoms with Crippen molar-refractivity contribution in [2.75, 3.05) is 0 Å². The van der Waals surface area contributed by atoms with Crippen molar-refractivity contribution in [2.24, 2.45) is 0 Å². The maximum atomic E-state index is 15.3. The van der Waals surface area contributed by atoms with Gasteiger partial charge in [-0.2, -0.15) is 0 Å². The van der Waals surface area contributed by atoms with Crippen LogP contribution in [-0.2, 0) is 17.0 Å². The van der Waals surface area contributed by atoms with Crippen LogP contribution in [-0.4, -0.2) is 16.0 Å². The zero-order valence-corrected chi connectivity index (χ0v) is 12.9. The van der Waals surface area contributed by atoms with Gasteiger partial charge in [0, 0.05) is 18.3 Å². The van der Waals surface area contributed by atoms with E-state index in [2.05, 4.69) is 10.3 Å². The van der Waals surface area contributed by atoms with E-state index in [-0.39, 0.29) is 36.2 Å². The van der Waals surface area contributed by atoms with Crippen molar-refractivity contribution >= 4 is 5.91 Å². The van der Waals surface area contributed by atoms with Crippen LogP contribution in [0, 0.1) is 17.5 Å². The summed E-state index contributed by atoms with van der Waals surface area (Å²) in [5.74, 6) is -5.42. The minimum absolute atomic E-state index is 0.00768. The molecule has 0 spiro atoms. The summed E-state index contributed by atoms with van der Waals surface area (Å²) >= 11 is 0. The van der Waals surface area contributed by atoms with Crippen LogP contribution >= 0.6 is 0 Å². The molecular weight excluding hydrogens is 340 g/mol. The number of hydrogen-bond donors (Lipinski definition) is 2. The lowest BCUT2D eigenvalue weighted by Gasteiger charge is -2.32. The molecule has 0 fully saturated rings. The van der Waals surface area contributed by atoms with Gasteiger partial charge in [0.1, 0.15) is 0 Å². The van der Waals surface area contributed by atoms with Gasteiger partial charge in [-0.25, -0.2) is 17.6 Å². The standard InChI is InChI=1S/C17H14F4N2O2/c18-11-6-9(7-12(19)14(11)20)8-23-16(25)17(21)4-3-13(24)15-10(17)2-1-5-22-15/h1-2,5-7,13,24H,3-4,8H2,(H,23,25)/t13-,17-/m0/s1. The number of nitrogens with one attached hydrogen (secondary N) is 1. The number of carbonyl (C=O) groups is 1. The number of aliphatic hydroxyl groups is 1. The molecule has 1 aliphatic rings. The first kappa shape index (κ1) is 17.3. The fraction of sp³-hybridized carbons (Fsp3) is 0.294. The molecule has 1 aromatic heterocycles. The van der Waals surface area contributed by atoms with Gasteiger partial charge in [0.25, 0.3) is 5.91 Å². The third-order valence-corrected chi connectivity index (χ3v) is 4.20. The van der Waals surface area contributed by atoms with Crippen LogP contribution < -0.4 is 5.32 Å². The Hall–Kier alpha value is -2.48. The maximum absolute atomic E-state index is 15.3. The molecule has 1 aliphatic carbocycles. The Morgan fingerprint density at radius 1 is 1.32 bits per heavy atom. The molecule has 2 N–H and O–H groups in total. The number of aliphatic hydroxyl groups excluding tert-OH is 1. The van der Waals surface area contributed by atoms with E-state index in [9.17, 15) is 23.1 Å². The third-order valence-electron chi connectivity index (χ3n) is 4.20. The van der Waals surface area contributed by atoms with E-state index >= 15 is 4.39 Å². The van der Waals surface area contributed by atoms with Crippen LogP contribution in [0.2, 0.25) is 0 Å². The Balaban J connectivity index is 1.81. The number of fused-ring (bicyclic) bond motifs is 1. The van der Waals surface area contributed by atoms with Gasteiger partial charge < -0.3 is 10.4 Å². The quantitative estimate of drug-likeness (QED) is 0.658. The normalized spacial score (nSPS) is 22.4. The van der Waals surface area contributed by atoms with Crippen LogP contribution in [0.25, 0.3) is 0 Å². The predicted octanol–water partition coefficient (Wildman–Crippen LogP) is 2.81. The van der Waals surface area contributed by atoms with E-state index in [1.807, 2.05) is 0 Å². The Kier molecular flexibility index (Phi) is 4.47. The number of carbonyl (C=O) groups excluding carboxylic acids is 1. The monoisotopic (exact) mass is 354 g/mol. The number of amides is 1. The topological polar surface area (TPSA) is 62.2 Å². The highest BCUT2D eigenvalue weighted by atomic mass is 19.2. The second-order valence-corrected chi connectivity index (χ2v) is 5.85. The first-order chi connectivity index (χ1) is 11.8. The van der Waals surface area contributed by atoms with E-state index in [0.29, 0.717) is 0 Å². The number of halogens is 4. The van der Waals surface area contributed by atoms with Crippen molar-refractivity contribution in [3.8, 4) is 0 Å². The van der Waals surface area contributed by atoms with Gasteiger partial charge in [-0.15, -0.1) is 0 Å². The molecule has 2 atom stereocenters. The molecule has 4 nitrogen and oxygen atoms in total. The van der Waals surface area contributed by atoms with Gasteiger partial charge in [0.2, 0.25) is 5.67 Å². The largest absolute Gasteiger partial charge is 0.387 e. The number of rotatable bonds is 3. The highest BCUT2D eigenvalue weighted by molar-refractivity contribution is 5.87. The molecule has 2 aromatic rings. The molecular formula is C17H14F4N2O2. The zero-order chi connectivity index (χ0) is 18.2. The van der Waals surface area contributed by atoms with Crippen molar-refractivity contribution < 1.29 is 27.5 Å². The van der Waals surface area contributed by atoms with Crippen LogP contribution in [0.5, 0.6) is 0 Å². The minimum atomic E-state index is -2.42. The Morgan fingerprint density at radius 3 is 2.68 bits per heavy atom. The number of benzene rings is 1. The van der Waals surface area contributed by atoms with Crippen molar-refractivity contribution in [3.63, 3.8) is 0 Å². The lowest BCUT2D eigenvalue weighted by atomic mass is 9.81. The third kappa shape index (κ3) is 3.09.